The van der Waals surface area contributed by atoms with Crippen molar-refractivity contribution in [2.75, 3.05) is 19.7 Å². The van der Waals surface area contributed by atoms with E-state index in [0.717, 1.165) is 4.90 Å². The lowest BCUT2D eigenvalue weighted by atomic mass is 9.71. The van der Waals surface area contributed by atoms with Crippen LogP contribution < -0.4 is 4.74 Å². The van der Waals surface area contributed by atoms with Gasteiger partial charge in [-0.25, -0.2) is 18.4 Å². The van der Waals surface area contributed by atoms with E-state index >= 15 is 8.78 Å². The number of likely N-dealkylation sites (tertiary alicyclic amines) is 1. The topological polar surface area (TPSA) is 65.1 Å². The van der Waals surface area contributed by atoms with Crippen LogP contribution in [0.25, 0.3) is 0 Å². The molecule has 146 valence electrons. The highest BCUT2D eigenvalue weighted by atomic mass is 19.3. The molecule has 1 saturated heterocycles. The van der Waals surface area contributed by atoms with Crippen LogP contribution in [0.3, 0.4) is 0 Å². The van der Waals surface area contributed by atoms with Crippen LogP contribution in [-0.2, 0) is 21.5 Å². The highest BCUT2D eigenvalue weighted by Crippen LogP contribution is 2.54. The number of hydrogen-bond acceptors (Lipinski definition) is 5. The first-order valence-corrected chi connectivity index (χ1v) is 8.86. The second-order valence-electron chi connectivity index (χ2n) is 8.27. The van der Waals surface area contributed by atoms with Crippen molar-refractivity contribution in [3.63, 3.8) is 0 Å². The monoisotopic (exact) mass is 381 g/mol. The van der Waals surface area contributed by atoms with Crippen LogP contribution in [0, 0.1) is 0 Å². The van der Waals surface area contributed by atoms with Crippen molar-refractivity contribution in [3.05, 3.63) is 28.8 Å². The summed E-state index contributed by atoms with van der Waals surface area (Å²) in [5, 5.41) is 0. The number of cyclic esters (lactones) is 1. The Morgan fingerprint density at radius 2 is 2.00 bits per heavy atom. The molecule has 0 aliphatic carbocycles. The molecule has 1 unspecified atom stereocenters. The number of hydrogen-bond donors (Lipinski definition) is 0. The van der Waals surface area contributed by atoms with Gasteiger partial charge in [-0.2, -0.15) is 0 Å². The molecule has 4 rings (SSSR count). The van der Waals surface area contributed by atoms with E-state index in [1.54, 1.807) is 20.8 Å². The molecule has 8 heteroatoms. The fourth-order valence-corrected chi connectivity index (χ4v) is 3.96. The normalized spacial score (nSPS) is 25.7. The van der Waals surface area contributed by atoms with Crippen molar-refractivity contribution in [2.45, 2.75) is 50.7 Å². The van der Waals surface area contributed by atoms with Crippen LogP contribution in [0.15, 0.2) is 12.1 Å². The van der Waals surface area contributed by atoms with Crippen molar-refractivity contribution in [1.82, 2.24) is 4.90 Å². The zero-order valence-corrected chi connectivity index (χ0v) is 15.4. The summed E-state index contributed by atoms with van der Waals surface area (Å²) in [6, 6.07) is 3.06. The number of rotatable bonds is 0. The smallest absolute Gasteiger partial charge is 0.410 e. The van der Waals surface area contributed by atoms with Gasteiger partial charge in [-0.15, -0.1) is 0 Å². The first-order chi connectivity index (χ1) is 12.5. The Labute approximate surface area is 155 Å². The van der Waals surface area contributed by atoms with Gasteiger partial charge >= 0.3 is 12.1 Å². The van der Waals surface area contributed by atoms with E-state index in [0.29, 0.717) is 22.4 Å². The summed E-state index contributed by atoms with van der Waals surface area (Å²) in [7, 11) is 0. The van der Waals surface area contributed by atoms with Gasteiger partial charge in [0.25, 0.3) is 5.92 Å². The number of amides is 1. The van der Waals surface area contributed by atoms with Gasteiger partial charge in [0, 0.05) is 17.7 Å². The van der Waals surface area contributed by atoms with Crippen LogP contribution in [0.1, 0.15) is 48.7 Å². The van der Waals surface area contributed by atoms with E-state index in [2.05, 4.69) is 0 Å². The summed E-state index contributed by atoms with van der Waals surface area (Å²) in [5.41, 5.74) is -1.01. The van der Waals surface area contributed by atoms with Crippen LogP contribution in [0.2, 0.25) is 0 Å². The van der Waals surface area contributed by atoms with Gasteiger partial charge < -0.3 is 19.1 Å². The highest BCUT2D eigenvalue weighted by molar-refractivity contribution is 5.94. The van der Waals surface area contributed by atoms with Gasteiger partial charge in [-0.1, -0.05) is 6.07 Å². The Morgan fingerprint density at radius 3 is 2.67 bits per heavy atom. The molecule has 3 aliphatic rings. The maximum Gasteiger partial charge on any atom is 0.410 e. The maximum atomic E-state index is 15.3. The lowest BCUT2D eigenvalue weighted by Crippen LogP contribution is -2.60. The van der Waals surface area contributed by atoms with E-state index in [1.807, 2.05) is 0 Å². The fraction of sp³-hybridized carbons (Fsp3) is 0.579. The second-order valence-corrected chi connectivity index (χ2v) is 8.27. The number of esters is 1. The molecule has 0 radical (unpaired) electrons. The summed E-state index contributed by atoms with van der Waals surface area (Å²) in [4.78, 5) is 25.0. The average molecular weight is 381 g/mol. The highest BCUT2D eigenvalue weighted by Gasteiger charge is 2.63. The van der Waals surface area contributed by atoms with Crippen LogP contribution in [0.4, 0.5) is 13.6 Å². The van der Waals surface area contributed by atoms with Crippen LogP contribution in [0.5, 0.6) is 5.75 Å². The number of piperidine rings is 1. The molecule has 3 aliphatic heterocycles. The van der Waals surface area contributed by atoms with Crippen molar-refractivity contribution in [3.8, 4) is 5.75 Å². The molecular formula is C19H21F2NO5. The zero-order valence-electron chi connectivity index (χ0n) is 15.4. The van der Waals surface area contributed by atoms with Crippen LogP contribution in [-0.4, -0.2) is 48.2 Å². The third kappa shape index (κ3) is 2.64. The number of benzene rings is 1. The number of nitrogens with zero attached hydrogens (tertiary/aromatic N) is 1. The molecule has 0 aromatic heterocycles. The molecule has 1 atom stereocenters. The van der Waals surface area contributed by atoms with E-state index in [-0.39, 0.29) is 26.2 Å². The molecule has 6 nitrogen and oxygen atoms in total. The second kappa shape index (κ2) is 5.56. The Morgan fingerprint density at radius 1 is 1.26 bits per heavy atom. The van der Waals surface area contributed by atoms with Crippen LogP contribution >= 0.6 is 0 Å². The van der Waals surface area contributed by atoms with Crippen molar-refractivity contribution >= 4 is 12.1 Å². The first kappa shape index (κ1) is 18.0. The summed E-state index contributed by atoms with van der Waals surface area (Å²) in [5.74, 6) is -3.35. The molecule has 1 spiro atoms. The first-order valence-electron chi connectivity index (χ1n) is 8.86. The Bertz CT molecular complexity index is 832. The van der Waals surface area contributed by atoms with Gasteiger partial charge in [-0.3, -0.25) is 0 Å². The van der Waals surface area contributed by atoms with E-state index in [9.17, 15) is 9.59 Å². The van der Waals surface area contributed by atoms with E-state index in [4.69, 9.17) is 14.2 Å². The summed E-state index contributed by atoms with van der Waals surface area (Å²) >= 11 is 0. The molecule has 0 N–H and O–H groups in total. The largest absolute Gasteiger partial charge is 0.492 e. The van der Waals surface area contributed by atoms with Gasteiger partial charge in [0.05, 0.1) is 17.5 Å². The van der Waals surface area contributed by atoms with Gasteiger partial charge in [-0.05, 0) is 33.3 Å². The average Bonchev–Trinajstić information content (AvgIpc) is 3.11. The van der Waals surface area contributed by atoms with Crippen molar-refractivity contribution < 1.29 is 32.6 Å². The Balaban J connectivity index is 1.64. The molecule has 1 aromatic rings. The minimum Gasteiger partial charge on any atom is -0.492 e. The van der Waals surface area contributed by atoms with Gasteiger partial charge in [0.2, 0.25) is 0 Å². The predicted octanol–water partition coefficient (Wildman–Crippen LogP) is 3.26. The summed E-state index contributed by atoms with van der Waals surface area (Å²) in [6.45, 7) is 4.32. The molecule has 3 heterocycles. The number of alkyl halides is 2. The lowest BCUT2D eigenvalue weighted by Gasteiger charge is -2.44. The molecular weight excluding hydrogens is 360 g/mol. The number of halogens is 2. The maximum absolute atomic E-state index is 15.3. The third-order valence-electron chi connectivity index (χ3n) is 5.36. The number of ether oxygens (including phenoxy) is 3. The third-order valence-corrected chi connectivity index (χ3v) is 5.36. The Hall–Kier alpha value is -2.38. The molecule has 1 amide bonds. The number of carbonyl (C=O) groups excluding carboxylic acids is 2. The number of carbonyl (C=O) groups is 2. The molecule has 1 fully saturated rings. The fourth-order valence-electron chi connectivity index (χ4n) is 3.96. The predicted molar refractivity (Wildman–Crippen MR) is 90.1 cm³/mol. The molecule has 0 saturated carbocycles. The Kier molecular flexibility index (Phi) is 3.71. The van der Waals surface area contributed by atoms with Gasteiger partial charge in [0.15, 0.2) is 0 Å². The van der Waals surface area contributed by atoms with E-state index in [1.165, 1.54) is 12.1 Å². The molecule has 27 heavy (non-hydrogen) atoms. The standard InChI is InChI=1S/C19H21F2NO5/c1-17(2,3)27-16(24)22-7-6-18(19(20,21)9-22)10-26-14-12-8-25-15(23)11(12)4-5-13(14)18/h4-5H,6-10H2,1-3H3. The van der Waals surface area contributed by atoms with Crippen molar-refractivity contribution in [1.29, 1.82) is 0 Å². The summed E-state index contributed by atoms with van der Waals surface area (Å²) < 4.78 is 46.5. The minimum absolute atomic E-state index is 0.0308. The molecule has 0 bridgehead atoms. The zero-order chi connectivity index (χ0) is 19.6. The lowest BCUT2D eigenvalue weighted by molar-refractivity contribution is -0.132. The van der Waals surface area contributed by atoms with E-state index < -0.39 is 35.5 Å². The molecule has 1 aromatic carbocycles. The quantitative estimate of drug-likeness (QED) is 0.646. The van der Waals surface area contributed by atoms with Crippen molar-refractivity contribution in [2.24, 2.45) is 0 Å². The SMILES string of the molecule is CC(C)(C)OC(=O)N1CCC2(COc3c2ccc2c3COC2=O)C(F)(F)C1. The number of fused-ring (bicyclic) bond motifs is 4. The van der Waals surface area contributed by atoms with Gasteiger partial charge in [0.1, 0.15) is 24.6 Å². The summed E-state index contributed by atoms with van der Waals surface area (Å²) in [6.07, 6.45) is -0.705. The minimum atomic E-state index is -3.20.